The first-order chi connectivity index (χ1) is 9.08. The topological polar surface area (TPSA) is 53.7 Å². The van der Waals surface area contributed by atoms with Gasteiger partial charge in [-0.1, -0.05) is 30.3 Å². The quantitative estimate of drug-likeness (QED) is 0.897. The molecule has 1 aromatic heterocycles. The number of benzene rings is 1. The fourth-order valence-electron chi connectivity index (χ4n) is 2.13. The second kappa shape index (κ2) is 5.71. The number of hydrogen-bond acceptors (Lipinski definition) is 3. The van der Waals surface area contributed by atoms with Crippen LogP contribution in [0.1, 0.15) is 23.1 Å². The SMILES string of the molecule is Cc1ccc(CN(C)C(C(=O)O)c2ccccc2)o1. The smallest absolute Gasteiger partial charge is 0.325 e. The number of rotatable bonds is 5. The second-order valence-corrected chi connectivity index (χ2v) is 4.58. The Bertz CT molecular complexity index is 548. The minimum atomic E-state index is -0.864. The highest BCUT2D eigenvalue weighted by atomic mass is 16.4. The highest BCUT2D eigenvalue weighted by molar-refractivity contribution is 5.75. The minimum absolute atomic E-state index is 0.458. The summed E-state index contributed by atoms with van der Waals surface area (Å²) in [6.07, 6.45) is 0. The number of carbonyl (C=O) groups is 1. The Morgan fingerprint density at radius 3 is 2.47 bits per heavy atom. The molecule has 1 aromatic carbocycles. The van der Waals surface area contributed by atoms with Crippen molar-refractivity contribution in [3.63, 3.8) is 0 Å². The molecular formula is C15H17NO3. The van der Waals surface area contributed by atoms with E-state index >= 15 is 0 Å². The Hall–Kier alpha value is -2.07. The molecule has 0 spiro atoms. The van der Waals surface area contributed by atoms with Crippen molar-refractivity contribution < 1.29 is 14.3 Å². The lowest BCUT2D eigenvalue weighted by atomic mass is 10.1. The molecule has 19 heavy (non-hydrogen) atoms. The standard InChI is InChI=1S/C15H17NO3/c1-11-8-9-13(19-11)10-16(2)14(15(17)18)12-6-4-3-5-7-12/h3-9,14H,10H2,1-2H3,(H,17,18). The monoisotopic (exact) mass is 259 g/mol. The normalized spacial score (nSPS) is 12.6. The van der Waals surface area contributed by atoms with Crippen molar-refractivity contribution in [3.05, 3.63) is 59.5 Å². The molecule has 0 aliphatic heterocycles. The van der Waals surface area contributed by atoms with E-state index in [0.717, 1.165) is 17.1 Å². The Morgan fingerprint density at radius 1 is 1.26 bits per heavy atom. The van der Waals surface area contributed by atoms with Crippen LogP contribution < -0.4 is 0 Å². The Labute approximate surface area is 112 Å². The predicted octanol–water partition coefficient (Wildman–Crippen LogP) is 2.85. The number of hydrogen-bond donors (Lipinski definition) is 1. The third-order valence-electron chi connectivity index (χ3n) is 2.99. The molecule has 0 amide bonds. The van der Waals surface area contributed by atoms with E-state index in [1.165, 1.54) is 0 Å². The Balaban J connectivity index is 2.18. The van der Waals surface area contributed by atoms with Gasteiger partial charge < -0.3 is 9.52 Å². The molecule has 1 heterocycles. The second-order valence-electron chi connectivity index (χ2n) is 4.58. The maximum Gasteiger partial charge on any atom is 0.325 e. The minimum Gasteiger partial charge on any atom is -0.480 e. The lowest BCUT2D eigenvalue weighted by Gasteiger charge is -2.23. The fourth-order valence-corrected chi connectivity index (χ4v) is 2.13. The van der Waals surface area contributed by atoms with E-state index in [1.54, 1.807) is 11.9 Å². The third-order valence-corrected chi connectivity index (χ3v) is 2.99. The largest absolute Gasteiger partial charge is 0.480 e. The maximum atomic E-state index is 11.5. The van der Waals surface area contributed by atoms with Crippen molar-refractivity contribution in [2.45, 2.75) is 19.5 Å². The highest BCUT2D eigenvalue weighted by Gasteiger charge is 2.25. The number of nitrogens with zero attached hydrogens (tertiary/aromatic N) is 1. The van der Waals surface area contributed by atoms with Crippen LogP contribution in [0.2, 0.25) is 0 Å². The van der Waals surface area contributed by atoms with Gasteiger partial charge in [0.05, 0.1) is 6.54 Å². The molecule has 0 fully saturated rings. The zero-order valence-corrected chi connectivity index (χ0v) is 11.0. The van der Waals surface area contributed by atoms with Gasteiger partial charge in [-0.3, -0.25) is 9.69 Å². The van der Waals surface area contributed by atoms with Gasteiger partial charge in [0.15, 0.2) is 0 Å². The number of furan rings is 1. The van der Waals surface area contributed by atoms with Gasteiger partial charge in [0.2, 0.25) is 0 Å². The first kappa shape index (κ1) is 13.4. The summed E-state index contributed by atoms with van der Waals surface area (Å²) in [6.45, 7) is 2.33. The number of carboxylic acid groups (broad SMARTS) is 1. The van der Waals surface area contributed by atoms with E-state index in [9.17, 15) is 9.90 Å². The summed E-state index contributed by atoms with van der Waals surface area (Å²) >= 11 is 0. The molecule has 4 nitrogen and oxygen atoms in total. The number of likely N-dealkylation sites (N-methyl/N-ethyl adjacent to an activating group) is 1. The van der Waals surface area contributed by atoms with Crippen molar-refractivity contribution in [2.75, 3.05) is 7.05 Å². The summed E-state index contributed by atoms with van der Waals surface area (Å²) in [5.41, 5.74) is 0.765. The van der Waals surface area contributed by atoms with Crippen molar-refractivity contribution in [1.29, 1.82) is 0 Å². The summed E-state index contributed by atoms with van der Waals surface area (Å²) in [6, 6.07) is 12.3. The van der Waals surface area contributed by atoms with Crippen LogP contribution in [0.3, 0.4) is 0 Å². The van der Waals surface area contributed by atoms with Crippen LogP contribution in [0.15, 0.2) is 46.9 Å². The molecule has 0 saturated heterocycles. The summed E-state index contributed by atoms with van der Waals surface area (Å²) in [5.74, 6) is 0.731. The van der Waals surface area contributed by atoms with Crippen LogP contribution in [-0.2, 0) is 11.3 Å². The van der Waals surface area contributed by atoms with Gasteiger partial charge in [0.25, 0.3) is 0 Å². The molecule has 1 atom stereocenters. The molecular weight excluding hydrogens is 242 g/mol. The van der Waals surface area contributed by atoms with Gasteiger partial charge in [-0.05, 0) is 31.7 Å². The first-order valence-electron chi connectivity index (χ1n) is 6.11. The van der Waals surface area contributed by atoms with Crippen molar-refractivity contribution in [1.82, 2.24) is 4.90 Å². The van der Waals surface area contributed by atoms with Crippen LogP contribution >= 0.6 is 0 Å². The van der Waals surface area contributed by atoms with E-state index in [1.807, 2.05) is 49.4 Å². The van der Waals surface area contributed by atoms with Crippen molar-refractivity contribution in [3.8, 4) is 0 Å². The van der Waals surface area contributed by atoms with Crippen LogP contribution in [0.5, 0.6) is 0 Å². The van der Waals surface area contributed by atoms with E-state index in [4.69, 9.17) is 4.42 Å². The Morgan fingerprint density at radius 2 is 1.95 bits per heavy atom. The van der Waals surface area contributed by atoms with Gasteiger partial charge in [0.1, 0.15) is 17.6 Å². The number of aryl methyl sites for hydroxylation is 1. The van der Waals surface area contributed by atoms with Crippen LogP contribution in [0, 0.1) is 6.92 Å². The highest BCUT2D eigenvalue weighted by Crippen LogP contribution is 2.22. The molecule has 4 heteroatoms. The molecule has 0 aliphatic rings. The summed E-state index contributed by atoms with van der Waals surface area (Å²) < 4.78 is 5.49. The molecule has 2 aromatic rings. The van der Waals surface area contributed by atoms with E-state index < -0.39 is 12.0 Å². The molecule has 1 unspecified atom stereocenters. The van der Waals surface area contributed by atoms with Crippen molar-refractivity contribution >= 4 is 5.97 Å². The first-order valence-corrected chi connectivity index (χ1v) is 6.11. The molecule has 0 saturated carbocycles. The van der Waals surface area contributed by atoms with Gasteiger partial charge in [-0.25, -0.2) is 0 Å². The summed E-state index contributed by atoms with van der Waals surface area (Å²) in [7, 11) is 1.78. The molecule has 1 N–H and O–H groups in total. The lowest BCUT2D eigenvalue weighted by molar-refractivity contribution is -0.143. The van der Waals surface area contributed by atoms with Crippen LogP contribution in [-0.4, -0.2) is 23.0 Å². The Kier molecular flexibility index (Phi) is 4.02. The fraction of sp³-hybridized carbons (Fsp3) is 0.267. The average Bonchev–Trinajstić information content (AvgIpc) is 2.75. The zero-order chi connectivity index (χ0) is 13.8. The lowest BCUT2D eigenvalue weighted by Crippen LogP contribution is -2.30. The van der Waals surface area contributed by atoms with Crippen molar-refractivity contribution in [2.24, 2.45) is 0 Å². The number of aliphatic carboxylic acids is 1. The van der Waals surface area contributed by atoms with E-state index in [0.29, 0.717) is 6.54 Å². The van der Waals surface area contributed by atoms with Gasteiger partial charge >= 0.3 is 5.97 Å². The summed E-state index contributed by atoms with van der Waals surface area (Å²) in [4.78, 5) is 13.2. The van der Waals surface area contributed by atoms with Gasteiger partial charge in [0, 0.05) is 0 Å². The maximum absolute atomic E-state index is 11.5. The third kappa shape index (κ3) is 3.23. The van der Waals surface area contributed by atoms with E-state index in [2.05, 4.69) is 0 Å². The van der Waals surface area contributed by atoms with Gasteiger partial charge in [-0.15, -0.1) is 0 Å². The molecule has 100 valence electrons. The number of carboxylic acids is 1. The zero-order valence-electron chi connectivity index (χ0n) is 11.0. The predicted molar refractivity (Wildman–Crippen MR) is 71.7 cm³/mol. The molecule has 0 radical (unpaired) electrons. The van der Waals surface area contributed by atoms with Crippen LogP contribution in [0.25, 0.3) is 0 Å². The summed E-state index contributed by atoms with van der Waals surface area (Å²) in [5, 5.41) is 9.41. The molecule has 2 rings (SSSR count). The van der Waals surface area contributed by atoms with Gasteiger partial charge in [-0.2, -0.15) is 0 Å². The molecule has 0 aliphatic carbocycles. The molecule has 0 bridgehead atoms. The van der Waals surface area contributed by atoms with Crippen LogP contribution in [0.4, 0.5) is 0 Å². The average molecular weight is 259 g/mol. The van der Waals surface area contributed by atoms with E-state index in [-0.39, 0.29) is 0 Å².